The fourth-order valence-corrected chi connectivity index (χ4v) is 3.25. The Hall–Kier alpha value is -2.67. The van der Waals surface area contributed by atoms with Crippen LogP contribution in [0, 0.1) is 13.8 Å². The first-order chi connectivity index (χ1) is 11.4. The van der Waals surface area contributed by atoms with Crippen LogP contribution in [-0.2, 0) is 9.47 Å². The molecular weight excluding hydrogens is 330 g/mol. The lowest BCUT2D eigenvalue weighted by Crippen LogP contribution is -2.18. The third kappa shape index (κ3) is 3.30. The van der Waals surface area contributed by atoms with Gasteiger partial charge in [-0.3, -0.25) is 4.79 Å². The lowest BCUT2D eigenvalue weighted by Gasteiger charge is -2.09. The molecule has 1 heterocycles. The highest BCUT2D eigenvalue weighted by molar-refractivity contribution is 7.16. The molecule has 0 aliphatic heterocycles. The molecule has 7 heteroatoms. The van der Waals surface area contributed by atoms with Gasteiger partial charge in [0.25, 0.3) is 5.91 Å². The molecule has 0 radical (unpaired) electrons. The van der Waals surface area contributed by atoms with E-state index in [1.54, 1.807) is 19.1 Å². The summed E-state index contributed by atoms with van der Waals surface area (Å²) in [6.45, 7) is 3.64. The quantitative estimate of drug-likeness (QED) is 0.859. The molecular formula is C17H17NO5S. The van der Waals surface area contributed by atoms with Gasteiger partial charge in [-0.1, -0.05) is 12.1 Å². The van der Waals surface area contributed by atoms with Crippen molar-refractivity contribution in [3.05, 3.63) is 51.4 Å². The van der Waals surface area contributed by atoms with E-state index in [1.807, 2.05) is 6.92 Å². The summed E-state index contributed by atoms with van der Waals surface area (Å²) in [6.07, 6.45) is 0. The second kappa shape index (κ2) is 7.27. The van der Waals surface area contributed by atoms with Gasteiger partial charge in [0.05, 0.1) is 30.9 Å². The van der Waals surface area contributed by atoms with Crippen LogP contribution in [0.5, 0.6) is 0 Å². The summed E-state index contributed by atoms with van der Waals surface area (Å²) in [5.74, 6) is -1.62. The number of benzene rings is 1. The molecule has 0 saturated heterocycles. The maximum atomic E-state index is 12.6. The second-order valence-electron chi connectivity index (χ2n) is 4.97. The highest BCUT2D eigenvalue weighted by Crippen LogP contribution is 2.33. The molecule has 2 aromatic rings. The van der Waals surface area contributed by atoms with Crippen LogP contribution in [0.15, 0.2) is 24.3 Å². The number of thiophene rings is 1. The third-order valence-electron chi connectivity index (χ3n) is 3.58. The van der Waals surface area contributed by atoms with Crippen LogP contribution in [-0.4, -0.2) is 32.1 Å². The Bertz CT molecular complexity index is 809. The second-order valence-corrected chi connectivity index (χ2v) is 6.19. The van der Waals surface area contributed by atoms with Gasteiger partial charge >= 0.3 is 11.9 Å². The molecule has 1 amide bonds. The van der Waals surface area contributed by atoms with E-state index in [2.05, 4.69) is 10.1 Å². The van der Waals surface area contributed by atoms with Crippen molar-refractivity contribution in [3.8, 4) is 0 Å². The SMILES string of the molecule is COC(=O)c1ccccc1C(=O)Nc1sc(C)c(C)c1C(=O)OC. The van der Waals surface area contributed by atoms with Crippen molar-refractivity contribution in [2.45, 2.75) is 13.8 Å². The lowest BCUT2D eigenvalue weighted by atomic mass is 10.1. The maximum Gasteiger partial charge on any atom is 0.341 e. The predicted octanol–water partition coefficient (Wildman–Crippen LogP) is 3.19. The van der Waals surface area contributed by atoms with Gasteiger partial charge in [0.15, 0.2) is 0 Å². The Morgan fingerprint density at radius 1 is 0.958 bits per heavy atom. The van der Waals surface area contributed by atoms with E-state index in [-0.39, 0.29) is 11.1 Å². The Kier molecular flexibility index (Phi) is 5.35. The highest BCUT2D eigenvalue weighted by Gasteiger charge is 2.23. The Morgan fingerprint density at radius 3 is 2.12 bits per heavy atom. The molecule has 0 atom stereocenters. The Labute approximate surface area is 143 Å². The minimum Gasteiger partial charge on any atom is -0.465 e. The van der Waals surface area contributed by atoms with Crippen molar-refractivity contribution in [2.75, 3.05) is 19.5 Å². The molecule has 0 fully saturated rings. The molecule has 1 aromatic carbocycles. The molecule has 1 N–H and O–H groups in total. The number of amides is 1. The van der Waals surface area contributed by atoms with Gasteiger partial charge in [0, 0.05) is 4.88 Å². The van der Waals surface area contributed by atoms with Gasteiger partial charge < -0.3 is 14.8 Å². The number of nitrogens with one attached hydrogen (secondary N) is 1. The van der Waals surface area contributed by atoms with Crippen LogP contribution in [0.1, 0.15) is 41.5 Å². The Morgan fingerprint density at radius 2 is 1.54 bits per heavy atom. The standard InChI is InChI=1S/C17H17NO5S/c1-9-10(2)24-15(13(9)17(21)23-4)18-14(19)11-7-5-6-8-12(11)16(20)22-3/h5-8H,1-4H3,(H,18,19). The normalized spacial score (nSPS) is 10.2. The van der Waals surface area contributed by atoms with Crippen LogP contribution in [0.25, 0.3) is 0 Å². The zero-order chi connectivity index (χ0) is 17.9. The van der Waals surface area contributed by atoms with Gasteiger partial charge in [0.2, 0.25) is 0 Å². The molecule has 0 spiro atoms. The number of carbonyl (C=O) groups is 3. The molecule has 0 aliphatic carbocycles. The molecule has 0 saturated carbocycles. The van der Waals surface area contributed by atoms with Crippen molar-refractivity contribution in [1.29, 1.82) is 0 Å². The van der Waals surface area contributed by atoms with Gasteiger partial charge in [-0.05, 0) is 31.5 Å². The van der Waals surface area contributed by atoms with Gasteiger partial charge in [-0.15, -0.1) is 11.3 Å². The van der Waals surface area contributed by atoms with Crippen molar-refractivity contribution in [1.82, 2.24) is 0 Å². The summed E-state index contributed by atoms with van der Waals surface area (Å²) in [4.78, 5) is 37.2. The summed E-state index contributed by atoms with van der Waals surface area (Å²) in [5.41, 5.74) is 1.40. The van der Waals surface area contributed by atoms with Crippen LogP contribution < -0.4 is 5.32 Å². The van der Waals surface area contributed by atoms with Crippen molar-refractivity contribution < 1.29 is 23.9 Å². The third-order valence-corrected chi connectivity index (χ3v) is 4.70. The summed E-state index contributed by atoms with van der Waals surface area (Å²) in [6, 6.07) is 6.31. The fraction of sp³-hybridized carbons (Fsp3) is 0.235. The number of anilines is 1. The van der Waals surface area contributed by atoms with E-state index >= 15 is 0 Å². The first-order valence-electron chi connectivity index (χ1n) is 7.07. The number of esters is 2. The summed E-state index contributed by atoms with van der Waals surface area (Å²) >= 11 is 1.28. The molecule has 0 bridgehead atoms. The summed E-state index contributed by atoms with van der Waals surface area (Å²) in [5, 5.41) is 3.08. The predicted molar refractivity (Wildman–Crippen MR) is 90.9 cm³/mol. The average Bonchev–Trinajstić information content (AvgIpc) is 2.87. The zero-order valence-electron chi connectivity index (χ0n) is 13.8. The molecule has 24 heavy (non-hydrogen) atoms. The monoisotopic (exact) mass is 347 g/mol. The number of ether oxygens (including phenoxy) is 2. The first kappa shape index (κ1) is 17.7. The average molecular weight is 347 g/mol. The van der Waals surface area contributed by atoms with E-state index in [4.69, 9.17) is 4.74 Å². The van der Waals surface area contributed by atoms with E-state index < -0.39 is 17.8 Å². The number of aryl methyl sites for hydroxylation is 1. The van der Waals surface area contributed by atoms with Gasteiger partial charge in [-0.2, -0.15) is 0 Å². The summed E-state index contributed by atoms with van der Waals surface area (Å²) < 4.78 is 9.47. The highest BCUT2D eigenvalue weighted by atomic mass is 32.1. The number of rotatable bonds is 4. The molecule has 1 aromatic heterocycles. The zero-order valence-corrected chi connectivity index (χ0v) is 14.6. The van der Waals surface area contributed by atoms with Crippen LogP contribution in [0.4, 0.5) is 5.00 Å². The van der Waals surface area contributed by atoms with Crippen LogP contribution in [0.2, 0.25) is 0 Å². The number of hydrogen-bond acceptors (Lipinski definition) is 6. The van der Waals surface area contributed by atoms with Crippen LogP contribution >= 0.6 is 11.3 Å². The molecule has 126 valence electrons. The first-order valence-corrected chi connectivity index (χ1v) is 7.89. The van der Waals surface area contributed by atoms with Crippen molar-refractivity contribution in [3.63, 3.8) is 0 Å². The smallest absolute Gasteiger partial charge is 0.341 e. The topological polar surface area (TPSA) is 81.7 Å². The van der Waals surface area contributed by atoms with Crippen molar-refractivity contribution >= 4 is 34.2 Å². The maximum absolute atomic E-state index is 12.6. The van der Waals surface area contributed by atoms with E-state index in [0.29, 0.717) is 10.6 Å². The minimum absolute atomic E-state index is 0.155. The molecule has 0 aliphatic rings. The van der Waals surface area contributed by atoms with E-state index in [9.17, 15) is 14.4 Å². The fourth-order valence-electron chi connectivity index (χ4n) is 2.20. The van der Waals surface area contributed by atoms with Crippen LogP contribution in [0.3, 0.4) is 0 Å². The van der Waals surface area contributed by atoms with Gasteiger partial charge in [0.1, 0.15) is 5.00 Å². The molecule has 2 rings (SSSR count). The Balaban J connectivity index is 2.40. The number of methoxy groups -OCH3 is 2. The molecule has 6 nitrogen and oxygen atoms in total. The lowest BCUT2D eigenvalue weighted by molar-refractivity contribution is 0.0590. The van der Waals surface area contributed by atoms with E-state index in [0.717, 1.165) is 10.4 Å². The summed E-state index contributed by atoms with van der Waals surface area (Å²) in [7, 11) is 2.53. The number of carbonyl (C=O) groups excluding carboxylic acids is 3. The van der Waals surface area contributed by atoms with Crippen molar-refractivity contribution in [2.24, 2.45) is 0 Å². The number of hydrogen-bond donors (Lipinski definition) is 1. The minimum atomic E-state index is -0.604. The molecule has 0 unspecified atom stereocenters. The van der Waals surface area contributed by atoms with E-state index in [1.165, 1.54) is 37.7 Å². The van der Waals surface area contributed by atoms with Gasteiger partial charge in [-0.25, -0.2) is 9.59 Å². The largest absolute Gasteiger partial charge is 0.465 e.